The first-order valence-electron chi connectivity index (χ1n) is 8.82. The topological polar surface area (TPSA) is 71.2 Å². The van der Waals surface area contributed by atoms with Gasteiger partial charge in [-0.05, 0) is 31.1 Å². The molecule has 26 heavy (non-hydrogen) atoms. The summed E-state index contributed by atoms with van der Waals surface area (Å²) in [7, 11) is 0. The number of allylic oxidation sites excluding steroid dienone is 2. The lowest BCUT2D eigenvalue weighted by atomic mass is 9.96. The lowest BCUT2D eigenvalue weighted by Gasteiger charge is -2.14. The third-order valence-electron chi connectivity index (χ3n) is 4.66. The molecule has 1 aromatic heterocycles. The Morgan fingerprint density at radius 3 is 2.73 bits per heavy atom. The largest absolute Gasteiger partial charge is 0.489 e. The Morgan fingerprint density at radius 1 is 1.31 bits per heavy atom. The molecule has 1 aliphatic carbocycles. The normalized spacial score (nSPS) is 30.4. The molecular formula is C20H22N4OS. The van der Waals surface area contributed by atoms with Crippen molar-refractivity contribution in [1.82, 2.24) is 9.97 Å². The fourth-order valence-corrected chi connectivity index (χ4v) is 3.60. The van der Waals surface area contributed by atoms with Gasteiger partial charge in [0, 0.05) is 42.1 Å². The smallest absolute Gasteiger partial charge is 0.124 e. The Hall–Kier alpha value is -2.39. The van der Waals surface area contributed by atoms with Crippen LogP contribution in [-0.4, -0.2) is 27.2 Å². The van der Waals surface area contributed by atoms with E-state index in [0.717, 1.165) is 35.3 Å². The number of hydrogen-bond donors (Lipinski definition) is 1. The van der Waals surface area contributed by atoms with Crippen LogP contribution in [0.15, 0.2) is 52.8 Å². The van der Waals surface area contributed by atoms with Crippen LogP contribution >= 0.6 is 12.6 Å². The summed E-state index contributed by atoms with van der Waals surface area (Å²) in [5.41, 5.74) is 3.63. The van der Waals surface area contributed by atoms with E-state index in [0.29, 0.717) is 5.57 Å². The summed E-state index contributed by atoms with van der Waals surface area (Å²) in [5.74, 6) is 1.12. The number of hydrogen-bond acceptors (Lipinski definition) is 6. The van der Waals surface area contributed by atoms with Crippen LogP contribution in [0.2, 0.25) is 0 Å². The molecule has 3 unspecified atom stereocenters. The van der Waals surface area contributed by atoms with Crippen LogP contribution in [0.3, 0.4) is 0 Å². The second kappa shape index (κ2) is 7.46. The Kier molecular flexibility index (Phi) is 5.28. The molecule has 0 bridgehead atoms. The molecular weight excluding hydrogens is 344 g/mol. The van der Waals surface area contributed by atoms with Gasteiger partial charge in [0.25, 0.3) is 0 Å². The molecule has 134 valence electrons. The lowest BCUT2D eigenvalue weighted by Crippen LogP contribution is -2.13. The maximum absolute atomic E-state index is 9.59. The monoisotopic (exact) mass is 366 g/mol. The van der Waals surface area contributed by atoms with E-state index < -0.39 is 4.87 Å². The predicted molar refractivity (Wildman–Crippen MR) is 106 cm³/mol. The number of aromatic nitrogens is 2. The van der Waals surface area contributed by atoms with Crippen molar-refractivity contribution in [2.45, 2.75) is 44.6 Å². The fourth-order valence-electron chi connectivity index (χ4n) is 3.46. The van der Waals surface area contributed by atoms with E-state index in [1.807, 2.05) is 39.1 Å². The van der Waals surface area contributed by atoms with E-state index >= 15 is 0 Å². The number of nitriles is 1. The van der Waals surface area contributed by atoms with Crippen molar-refractivity contribution in [2.24, 2.45) is 10.9 Å². The van der Waals surface area contributed by atoms with E-state index in [2.05, 4.69) is 33.7 Å². The number of ether oxygens (including phenoxy) is 1. The van der Waals surface area contributed by atoms with E-state index in [-0.39, 0.29) is 12.0 Å². The van der Waals surface area contributed by atoms with E-state index in [4.69, 9.17) is 4.74 Å². The maximum Gasteiger partial charge on any atom is 0.124 e. The molecule has 0 aromatic carbocycles. The Labute approximate surface area is 159 Å². The predicted octanol–water partition coefficient (Wildman–Crippen LogP) is 4.13. The SMILES string of the molecule is CC.CC1(S)C=CC2=C(C=N1)C1C/C(=C(\C#N)c3cncnc3)CC1O2. The van der Waals surface area contributed by atoms with Crippen molar-refractivity contribution in [1.29, 1.82) is 5.26 Å². The summed E-state index contributed by atoms with van der Waals surface area (Å²) < 4.78 is 6.12. The number of aliphatic imine (C=N–C) groups is 1. The molecule has 6 heteroatoms. The van der Waals surface area contributed by atoms with Crippen LogP contribution in [0, 0.1) is 17.2 Å². The van der Waals surface area contributed by atoms with Crippen molar-refractivity contribution >= 4 is 24.4 Å². The van der Waals surface area contributed by atoms with Crippen LogP contribution in [0.25, 0.3) is 5.57 Å². The highest BCUT2D eigenvalue weighted by molar-refractivity contribution is 7.82. The van der Waals surface area contributed by atoms with E-state index in [1.54, 1.807) is 12.4 Å². The Bertz CT molecular complexity index is 846. The van der Waals surface area contributed by atoms with Crippen LogP contribution in [0.1, 0.15) is 39.2 Å². The summed E-state index contributed by atoms with van der Waals surface area (Å²) >= 11 is 4.51. The molecule has 5 nitrogen and oxygen atoms in total. The third kappa shape index (κ3) is 3.45. The summed E-state index contributed by atoms with van der Waals surface area (Å²) in [6, 6.07) is 2.32. The first-order chi connectivity index (χ1) is 12.6. The molecule has 4 rings (SSSR count). The van der Waals surface area contributed by atoms with Crippen LogP contribution in [-0.2, 0) is 4.74 Å². The molecule has 0 N–H and O–H groups in total. The first-order valence-corrected chi connectivity index (χ1v) is 9.27. The maximum atomic E-state index is 9.59. The Balaban J connectivity index is 0.000000948. The van der Waals surface area contributed by atoms with Gasteiger partial charge in [-0.25, -0.2) is 9.97 Å². The minimum Gasteiger partial charge on any atom is -0.489 e. The Morgan fingerprint density at radius 2 is 2.04 bits per heavy atom. The standard InChI is InChI=1S/C18H16N4OS.C2H6/c1-18(24)3-2-16-15(9-22-18)13-4-11(5-17(13)23-16)14(6-19)12-7-20-10-21-8-12;1-2/h2-3,7-10,13,17,24H,4-5H2,1H3;1-2H3/b14-11-;. The van der Waals surface area contributed by atoms with Crippen LogP contribution in [0.5, 0.6) is 0 Å². The molecule has 0 amide bonds. The number of rotatable bonds is 1. The highest BCUT2D eigenvalue weighted by Crippen LogP contribution is 2.47. The highest BCUT2D eigenvalue weighted by atomic mass is 32.1. The lowest BCUT2D eigenvalue weighted by molar-refractivity contribution is 0.138. The van der Waals surface area contributed by atoms with Crippen LogP contribution < -0.4 is 0 Å². The molecule has 3 aliphatic rings. The molecule has 0 radical (unpaired) electrons. The van der Waals surface area contributed by atoms with Gasteiger partial charge in [-0.2, -0.15) is 5.26 Å². The average molecular weight is 366 g/mol. The van der Waals surface area contributed by atoms with E-state index in [1.165, 1.54) is 6.33 Å². The van der Waals surface area contributed by atoms with Crippen molar-refractivity contribution in [3.8, 4) is 6.07 Å². The number of fused-ring (bicyclic) bond motifs is 2. The summed E-state index contributed by atoms with van der Waals surface area (Å²) in [5, 5.41) is 9.59. The molecule has 3 atom stereocenters. The molecule has 3 heterocycles. The molecule has 1 fully saturated rings. The minimum absolute atomic E-state index is 0.0679. The summed E-state index contributed by atoms with van der Waals surface area (Å²) in [4.78, 5) is 12.0. The molecule has 1 saturated carbocycles. The summed E-state index contributed by atoms with van der Waals surface area (Å²) in [6.45, 7) is 5.94. The zero-order chi connectivity index (χ0) is 18.7. The van der Waals surface area contributed by atoms with E-state index in [9.17, 15) is 5.26 Å². The van der Waals surface area contributed by atoms with Gasteiger partial charge in [-0.15, -0.1) is 12.6 Å². The second-order valence-electron chi connectivity index (χ2n) is 6.39. The van der Waals surface area contributed by atoms with Gasteiger partial charge in [0.05, 0.1) is 11.6 Å². The van der Waals surface area contributed by atoms with Gasteiger partial charge in [-0.3, -0.25) is 4.99 Å². The zero-order valence-electron chi connectivity index (χ0n) is 15.2. The third-order valence-corrected chi connectivity index (χ3v) is 4.92. The highest BCUT2D eigenvalue weighted by Gasteiger charge is 2.42. The minimum atomic E-state index is -0.514. The van der Waals surface area contributed by atoms with Crippen molar-refractivity contribution < 1.29 is 4.74 Å². The number of thiol groups is 1. The molecule has 2 aliphatic heterocycles. The van der Waals surface area contributed by atoms with Gasteiger partial charge in [-0.1, -0.05) is 13.8 Å². The fraction of sp³-hybridized carbons (Fsp3) is 0.400. The quantitative estimate of drug-likeness (QED) is 0.599. The van der Waals surface area contributed by atoms with Gasteiger partial charge in [0.15, 0.2) is 0 Å². The number of nitrogens with zero attached hydrogens (tertiary/aromatic N) is 4. The van der Waals surface area contributed by atoms with Gasteiger partial charge < -0.3 is 4.74 Å². The van der Waals surface area contributed by atoms with Crippen molar-refractivity contribution in [3.63, 3.8) is 0 Å². The summed E-state index contributed by atoms with van der Waals surface area (Å²) in [6.07, 6.45) is 12.2. The zero-order valence-corrected chi connectivity index (χ0v) is 16.1. The molecule has 0 saturated heterocycles. The second-order valence-corrected chi connectivity index (χ2v) is 7.30. The molecule has 0 spiro atoms. The first kappa shape index (κ1) is 18.4. The van der Waals surface area contributed by atoms with Crippen LogP contribution in [0.4, 0.5) is 0 Å². The van der Waals surface area contributed by atoms with Gasteiger partial charge >= 0.3 is 0 Å². The van der Waals surface area contributed by atoms with Crippen molar-refractivity contribution in [2.75, 3.05) is 0 Å². The van der Waals surface area contributed by atoms with Gasteiger partial charge in [0.2, 0.25) is 0 Å². The van der Waals surface area contributed by atoms with Gasteiger partial charge in [0.1, 0.15) is 23.1 Å². The van der Waals surface area contributed by atoms with Crippen molar-refractivity contribution in [3.05, 3.63) is 53.3 Å². The average Bonchev–Trinajstić information content (AvgIpc) is 3.15. The molecule has 1 aromatic rings.